The van der Waals surface area contributed by atoms with Crippen molar-refractivity contribution in [1.29, 1.82) is 0 Å². The quantitative estimate of drug-likeness (QED) is 0.322. The van der Waals surface area contributed by atoms with Crippen LogP contribution in [0.2, 0.25) is 0 Å². The molecule has 6 heteroatoms. The first kappa shape index (κ1) is 18.0. The smallest absolute Gasteiger partial charge is 0.305 e. The number of carboxylic acid groups (broad SMARTS) is 1. The predicted octanol–water partition coefficient (Wildman–Crippen LogP) is 4.95. The molecular formula is C25H15NO4S. The zero-order valence-corrected chi connectivity index (χ0v) is 17.0. The zero-order chi connectivity index (χ0) is 21.3. The summed E-state index contributed by atoms with van der Waals surface area (Å²) in [4.78, 5) is 37.2. The van der Waals surface area contributed by atoms with Gasteiger partial charge in [0.1, 0.15) is 0 Å². The number of aliphatic carboxylic acids is 1. The third-order valence-corrected chi connectivity index (χ3v) is 7.12. The van der Waals surface area contributed by atoms with Crippen LogP contribution in [0.3, 0.4) is 0 Å². The van der Waals surface area contributed by atoms with Gasteiger partial charge >= 0.3 is 5.97 Å². The van der Waals surface area contributed by atoms with E-state index in [0.29, 0.717) is 16.2 Å². The van der Waals surface area contributed by atoms with E-state index in [-0.39, 0.29) is 13.0 Å². The SMILES string of the molecule is O=C(O)CCn1c(=O)c2ccc3sc4ccc5ccccc5c4c4ccc(c1=O)c2c34. The number of benzene rings is 4. The highest BCUT2D eigenvalue weighted by Gasteiger charge is 2.19. The van der Waals surface area contributed by atoms with E-state index in [1.165, 1.54) is 0 Å². The minimum absolute atomic E-state index is 0.139. The Balaban J connectivity index is 1.83. The van der Waals surface area contributed by atoms with Gasteiger partial charge in [0.2, 0.25) is 0 Å². The van der Waals surface area contributed by atoms with Crippen LogP contribution in [0, 0.1) is 0 Å². The highest BCUT2D eigenvalue weighted by atomic mass is 32.1. The number of aromatic nitrogens is 1. The molecule has 2 heterocycles. The van der Waals surface area contributed by atoms with Gasteiger partial charge in [-0.15, -0.1) is 11.3 Å². The predicted molar refractivity (Wildman–Crippen MR) is 126 cm³/mol. The van der Waals surface area contributed by atoms with Gasteiger partial charge in [-0.3, -0.25) is 19.0 Å². The van der Waals surface area contributed by atoms with Gasteiger partial charge in [-0.1, -0.05) is 36.4 Å². The third kappa shape index (κ3) is 2.45. The zero-order valence-electron chi connectivity index (χ0n) is 16.2. The summed E-state index contributed by atoms with van der Waals surface area (Å²) < 4.78 is 3.20. The van der Waals surface area contributed by atoms with Crippen LogP contribution in [0.4, 0.5) is 0 Å². The first-order chi connectivity index (χ1) is 15.0. The van der Waals surface area contributed by atoms with Gasteiger partial charge in [0.25, 0.3) is 11.1 Å². The Kier molecular flexibility index (Phi) is 3.70. The number of rotatable bonds is 3. The maximum Gasteiger partial charge on any atom is 0.305 e. The maximum absolute atomic E-state index is 13.1. The minimum atomic E-state index is -1.04. The number of fused-ring (bicyclic) bond motifs is 4. The van der Waals surface area contributed by atoms with E-state index in [1.807, 2.05) is 24.3 Å². The monoisotopic (exact) mass is 425 g/mol. The Morgan fingerprint density at radius 3 is 2.16 bits per heavy atom. The number of hydrogen-bond acceptors (Lipinski definition) is 4. The molecule has 0 amide bonds. The van der Waals surface area contributed by atoms with Crippen molar-refractivity contribution in [2.45, 2.75) is 13.0 Å². The van der Waals surface area contributed by atoms with Crippen LogP contribution in [0.5, 0.6) is 0 Å². The lowest BCUT2D eigenvalue weighted by atomic mass is 9.95. The molecule has 1 N–H and O–H groups in total. The molecule has 150 valence electrons. The van der Waals surface area contributed by atoms with Crippen molar-refractivity contribution in [2.24, 2.45) is 0 Å². The molecule has 6 rings (SSSR count). The van der Waals surface area contributed by atoms with E-state index in [4.69, 9.17) is 5.11 Å². The van der Waals surface area contributed by atoms with Crippen molar-refractivity contribution in [3.8, 4) is 0 Å². The fourth-order valence-corrected chi connectivity index (χ4v) is 5.79. The molecule has 4 aromatic carbocycles. The van der Waals surface area contributed by atoms with Crippen molar-refractivity contribution in [2.75, 3.05) is 0 Å². The van der Waals surface area contributed by atoms with E-state index in [1.54, 1.807) is 23.5 Å². The molecule has 0 fully saturated rings. The summed E-state index contributed by atoms with van der Waals surface area (Å²) in [5.41, 5.74) is -0.868. The molecule has 0 bridgehead atoms. The first-order valence-electron chi connectivity index (χ1n) is 9.92. The molecule has 0 saturated carbocycles. The fraction of sp³-hybridized carbons (Fsp3) is 0.0800. The van der Waals surface area contributed by atoms with Crippen LogP contribution < -0.4 is 11.1 Å². The third-order valence-electron chi connectivity index (χ3n) is 6.00. The van der Waals surface area contributed by atoms with Gasteiger partial charge in [-0.25, -0.2) is 0 Å². The molecule has 31 heavy (non-hydrogen) atoms. The highest BCUT2D eigenvalue weighted by molar-refractivity contribution is 7.25. The largest absolute Gasteiger partial charge is 0.481 e. The number of hydrogen-bond donors (Lipinski definition) is 1. The van der Waals surface area contributed by atoms with Crippen molar-refractivity contribution in [1.82, 2.24) is 4.57 Å². The summed E-state index contributed by atoms with van der Waals surface area (Å²) in [5, 5.41) is 15.9. The minimum Gasteiger partial charge on any atom is -0.481 e. The second kappa shape index (κ2) is 6.36. The second-order valence-corrected chi connectivity index (χ2v) is 8.77. The summed E-state index contributed by atoms with van der Waals surface area (Å²) in [6.07, 6.45) is -0.276. The van der Waals surface area contributed by atoms with E-state index in [0.717, 1.165) is 40.9 Å². The lowest BCUT2D eigenvalue weighted by Gasteiger charge is -2.15. The fourth-order valence-electron chi connectivity index (χ4n) is 4.64. The van der Waals surface area contributed by atoms with Gasteiger partial charge in [0.15, 0.2) is 0 Å². The summed E-state index contributed by atoms with van der Waals surface area (Å²) >= 11 is 1.65. The van der Waals surface area contributed by atoms with Crippen molar-refractivity contribution < 1.29 is 9.90 Å². The van der Waals surface area contributed by atoms with E-state index in [2.05, 4.69) is 24.3 Å². The molecule has 2 aromatic heterocycles. The Bertz CT molecular complexity index is 1780. The molecule has 0 radical (unpaired) electrons. The Labute approximate surface area is 178 Å². The molecule has 0 atom stereocenters. The summed E-state index contributed by atoms with van der Waals surface area (Å²) in [5.74, 6) is -1.04. The number of carboxylic acids is 1. The normalized spacial score (nSPS) is 12.0. The van der Waals surface area contributed by atoms with Crippen LogP contribution >= 0.6 is 11.3 Å². The van der Waals surface area contributed by atoms with E-state index in [9.17, 15) is 14.4 Å². The van der Waals surface area contributed by atoms with Gasteiger partial charge < -0.3 is 5.11 Å². The highest BCUT2D eigenvalue weighted by Crippen LogP contribution is 2.42. The van der Waals surface area contributed by atoms with Crippen molar-refractivity contribution in [3.05, 3.63) is 81.4 Å². The first-order valence-corrected chi connectivity index (χ1v) is 10.7. The summed E-state index contributed by atoms with van der Waals surface area (Å²) in [7, 11) is 0. The van der Waals surface area contributed by atoms with Crippen molar-refractivity contribution in [3.63, 3.8) is 0 Å². The Morgan fingerprint density at radius 2 is 1.39 bits per heavy atom. The van der Waals surface area contributed by atoms with E-state index < -0.39 is 17.1 Å². The standard InChI is InChI=1S/C25H15NO4S/c27-20(28)11-12-26-24(29)16-7-6-15-21-14-4-2-1-3-13(14)5-9-18(21)31-19-10-8-17(25(26)30)22(16)23(15)19/h1-10H,11-12H2,(H,27,28). The lowest BCUT2D eigenvalue weighted by molar-refractivity contribution is -0.137. The molecule has 0 aliphatic heterocycles. The van der Waals surface area contributed by atoms with Crippen LogP contribution in [0.15, 0.2) is 70.3 Å². The number of carbonyl (C=O) groups is 1. The molecule has 5 nitrogen and oxygen atoms in total. The van der Waals surface area contributed by atoms with Gasteiger partial charge in [-0.05, 0) is 40.4 Å². The molecule has 0 unspecified atom stereocenters. The Hall–Kier alpha value is -3.77. The van der Waals surface area contributed by atoms with Gasteiger partial charge in [-0.2, -0.15) is 0 Å². The van der Waals surface area contributed by atoms with Gasteiger partial charge in [0.05, 0.1) is 6.42 Å². The molecule has 0 spiro atoms. The van der Waals surface area contributed by atoms with Gasteiger partial charge in [0, 0.05) is 42.9 Å². The lowest BCUT2D eigenvalue weighted by Crippen LogP contribution is -2.34. The second-order valence-electron chi connectivity index (χ2n) is 7.69. The van der Waals surface area contributed by atoms with E-state index >= 15 is 0 Å². The Morgan fingerprint density at radius 1 is 0.742 bits per heavy atom. The maximum atomic E-state index is 13.1. The summed E-state index contributed by atoms with van der Waals surface area (Å²) in [6.45, 7) is -0.139. The molecule has 0 saturated heterocycles. The van der Waals surface area contributed by atoms with Crippen molar-refractivity contribution >= 4 is 69.8 Å². The average Bonchev–Trinajstić information content (AvgIpc) is 2.78. The average molecular weight is 425 g/mol. The molecular weight excluding hydrogens is 410 g/mol. The topological polar surface area (TPSA) is 76.4 Å². The van der Waals surface area contributed by atoms with Crippen LogP contribution in [-0.2, 0) is 11.3 Å². The van der Waals surface area contributed by atoms with Crippen LogP contribution in [0.25, 0.3) is 52.5 Å². The van der Waals surface area contributed by atoms with Crippen LogP contribution in [-0.4, -0.2) is 15.6 Å². The number of nitrogens with zero attached hydrogens (tertiary/aromatic N) is 1. The molecule has 0 aliphatic carbocycles. The summed E-state index contributed by atoms with van der Waals surface area (Å²) in [6, 6.07) is 19.8. The van der Waals surface area contributed by atoms with Crippen LogP contribution in [0.1, 0.15) is 6.42 Å². The molecule has 6 aromatic rings. The number of pyridine rings is 1. The molecule has 0 aliphatic rings.